The predicted molar refractivity (Wildman–Crippen MR) is 63.5 cm³/mol. The van der Waals surface area contributed by atoms with E-state index in [1.807, 2.05) is 0 Å². The largest absolute Gasteiger partial charge is 0.478 e. The molecular weight excluding hydrogens is 238 g/mol. The van der Waals surface area contributed by atoms with Crippen LogP contribution in [0.1, 0.15) is 15.9 Å². The van der Waals surface area contributed by atoms with E-state index in [0.29, 0.717) is 5.56 Å². The Kier molecular flexibility index (Phi) is 3.10. The van der Waals surface area contributed by atoms with Gasteiger partial charge in [-0.3, -0.25) is 0 Å². The van der Waals surface area contributed by atoms with E-state index in [9.17, 15) is 13.6 Å². The van der Waals surface area contributed by atoms with Gasteiger partial charge in [0.15, 0.2) is 0 Å². The molecule has 92 valence electrons. The quantitative estimate of drug-likeness (QED) is 0.880. The minimum Gasteiger partial charge on any atom is -0.478 e. The summed E-state index contributed by atoms with van der Waals surface area (Å²) in [5, 5.41) is 8.75. The van der Waals surface area contributed by atoms with E-state index >= 15 is 0 Å². The maximum atomic E-state index is 13.7. The second-order valence-corrected chi connectivity index (χ2v) is 3.96. The molecule has 0 heterocycles. The number of carbonyl (C=O) groups is 1. The molecule has 0 unspecified atom stereocenters. The van der Waals surface area contributed by atoms with Crippen LogP contribution in [0, 0.1) is 18.6 Å². The van der Waals surface area contributed by atoms with E-state index in [4.69, 9.17) is 5.11 Å². The van der Waals surface area contributed by atoms with Gasteiger partial charge in [0, 0.05) is 5.56 Å². The van der Waals surface area contributed by atoms with Crippen molar-refractivity contribution >= 4 is 5.97 Å². The lowest BCUT2D eigenvalue weighted by Crippen LogP contribution is -1.96. The molecule has 1 N–H and O–H groups in total. The van der Waals surface area contributed by atoms with Crippen molar-refractivity contribution in [1.82, 2.24) is 0 Å². The lowest BCUT2D eigenvalue weighted by atomic mass is 10.0. The molecule has 0 aliphatic heterocycles. The van der Waals surface area contributed by atoms with E-state index in [-0.39, 0.29) is 16.7 Å². The Morgan fingerprint density at radius 1 is 1.06 bits per heavy atom. The molecule has 2 nitrogen and oxygen atoms in total. The van der Waals surface area contributed by atoms with Crippen molar-refractivity contribution in [3.63, 3.8) is 0 Å². The van der Waals surface area contributed by atoms with E-state index in [1.165, 1.54) is 31.2 Å². The molecule has 0 bridgehead atoms. The maximum Gasteiger partial charge on any atom is 0.335 e. The van der Waals surface area contributed by atoms with Gasteiger partial charge < -0.3 is 5.11 Å². The Bertz CT molecular complexity index is 604. The first-order chi connectivity index (χ1) is 8.49. The first-order valence-corrected chi connectivity index (χ1v) is 5.28. The van der Waals surface area contributed by atoms with Gasteiger partial charge >= 0.3 is 5.97 Å². The lowest BCUT2D eigenvalue weighted by molar-refractivity contribution is 0.0697. The van der Waals surface area contributed by atoms with Gasteiger partial charge in [0.25, 0.3) is 0 Å². The van der Waals surface area contributed by atoms with Crippen molar-refractivity contribution in [2.24, 2.45) is 0 Å². The minimum absolute atomic E-state index is 0.103. The summed E-state index contributed by atoms with van der Waals surface area (Å²) in [6.45, 7) is 1.48. The van der Waals surface area contributed by atoms with Gasteiger partial charge in [-0.15, -0.1) is 0 Å². The van der Waals surface area contributed by atoms with Crippen LogP contribution in [0.5, 0.6) is 0 Å². The number of rotatable bonds is 2. The number of hydrogen-bond acceptors (Lipinski definition) is 1. The van der Waals surface area contributed by atoms with Gasteiger partial charge in [-0.2, -0.15) is 0 Å². The molecule has 18 heavy (non-hydrogen) atoms. The van der Waals surface area contributed by atoms with Crippen molar-refractivity contribution in [3.05, 3.63) is 59.2 Å². The Hall–Kier alpha value is -2.23. The molecule has 2 aromatic rings. The van der Waals surface area contributed by atoms with Crippen molar-refractivity contribution in [2.75, 3.05) is 0 Å². The zero-order chi connectivity index (χ0) is 13.3. The summed E-state index contributed by atoms with van der Waals surface area (Å²) in [5.41, 5.74) is 0.900. The minimum atomic E-state index is -1.06. The average molecular weight is 248 g/mol. The molecule has 0 aliphatic carbocycles. The average Bonchev–Trinajstić information content (AvgIpc) is 2.34. The third kappa shape index (κ3) is 2.22. The molecule has 0 saturated carbocycles. The van der Waals surface area contributed by atoms with Crippen LogP contribution in [0.2, 0.25) is 0 Å². The lowest BCUT2D eigenvalue weighted by Gasteiger charge is -2.06. The molecule has 0 saturated heterocycles. The SMILES string of the molecule is Cc1cc(F)c(-c2ccc(C(=O)O)cc2)cc1F. The summed E-state index contributed by atoms with van der Waals surface area (Å²) in [5.74, 6) is -2.08. The summed E-state index contributed by atoms with van der Waals surface area (Å²) in [6.07, 6.45) is 0. The van der Waals surface area contributed by atoms with E-state index in [2.05, 4.69) is 0 Å². The Morgan fingerprint density at radius 3 is 2.22 bits per heavy atom. The number of aryl methyl sites for hydroxylation is 1. The van der Waals surface area contributed by atoms with Crippen molar-refractivity contribution in [1.29, 1.82) is 0 Å². The van der Waals surface area contributed by atoms with Crippen LogP contribution in [-0.2, 0) is 0 Å². The maximum absolute atomic E-state index is 13.7. The summed E-state index contributed by atoms with van der Waals surface area (Å²) < 4.78 is 27.1. The highest BCUT2D eigenvalue weighted by atomic mass is 19.1. The third-order valence-corrected chi connectivity index (χ3v) is 2.69. The number of halogens is 2. The highest BCUT2D eigenvalue weighted by molar-refractivity contribution is 5.88. The van der Waals surface area contributed by atoms with Gasteiger partial charge in [0.1, 0.15) is 11.6 Å². The monoisotopic (exact) mass is 248 g/mol. The van der Waals surface area contributed by atoms with Crippen LogP contribution in [0.15, 0.2) is 36.4 Å². The van der Waals surface area contributed by atoms with Crippen molar-refractivity contribution < 1.29 is 18.7 Å². The number of carboxylic acids is 1. The number of benzene rings is 2. The summed E-state index contributed by atoms with van der Waals surface area (Å²) >= 11 is 0. The Morgan fingerprint density at radius 2 is 1.67 bits per heavy atom. The van der Waals surface area contributed by atoms with Gasteiger partial charge in [0.2, 0.25) is 0 Å². The van der Waals surface area contributed by atoms with Crippen molar-refractivity contribution in [3.8, 4) is 11.1 Å². The zero-order valence-electron chi connectivity index (χ0n) is 9.58. The smallest absolute Gasteiger partial charge is 0.335 e. The molecule has 0 spiro atoms. The standard InChI is InChI=1S/C14H10F2O2/c1-8-6-13(16)11(7-12(8)15)9-2-4-10(5-3-9)14(17)18/h2-7H,1H3,(H,17,18). The predicted octanol–water partition coefficient (Wildman–Crippen LogP) is 3.64. The molecule has 0 fully saturated rings. The van der Waals surface area contributed by atoms with Gasteiger partial charge in [-0.05, 0) is 42.3 Å². The molecular formula is C14H10F2O2. The molecule has 2 rings (SSSR count). The van der Waals surface area contributed by atoms with Crippen LogP contribution < -0.4 is 0 Å². The molecule has 4 heteroatoms. The van der Waals surface area contributed by atoms with Gasteiger partial charge in [-0.1, -0.05) is 12.1 Å². The van der Waals surface area contributed by atoms with E-state index in [0.717, 1.165) is 12.1 Å². The second kappa shape index (κ2) is 4.56. The summed E-state index contributed by atoms with van der Waals surface area (Å²) in [7, 11) is 0. The fourth-order valence-corrected chi connectivity index (χ4v) is 1.66. The van der Waals surface area contributed by atoms with Crippen LogP contribution >= 0.6 is 0 Å². The highest BCUT2D eigenvalue weighted by Crippen LogP contribution is 2.25. The fourth-order valence-electron chi connectivity index (χ4n) is 1.66. The van der Waals surface area contributed by atoms with Crippen molar-refractivity contribution in [2.45, 2.75) is 6.92 Å². The second-order valence-electron chi connectivity index (χ2n) is 3.96. The number of hydrogen-bond donors (Lipinski definition) is 1. The van der Waals surface area contributed by atoms with Crippen LogP contribution in [0.25, 0.3) is 11.1 Å². The summed E-state index contributed by atoms with van der Waals surface area (Å²) in [6, 6.07) is 7.85. The van der Waals surface area contributed by atoms with E-state index < -0.39 is 17.6 Å². The molecule has 0 radical (unpaired) electrons. The van der Waals surface area contributed by atoms with Crippen LogP contribution in [-0.4, -0.2) is 11.1 Å². The number of aromatic carboxylic acids is 1. The normalized spacial score (nSPS) is 10.4. The Balaban J connectivity index is 2.49. The third-order valence-electron chi connectivity index (χ3n) is 2.69. The molecule has 0 aliphatic rings. The highest BCUT2D eigenvalue weighted by Gasteiger charge is 2.10. The van der Waals surface area contributed by atoms with E-state index in [1.54, 1.807) is 0 Å². The van der Waals surface area contributed by atoms with Gasteiger partial charge in [0.05, 0.1) is 5.56 Å². The Labute approximate surface area is 103 Å². The first kappa shape index (κ1) is 12.2. The molecule has 2 aromatic carbocycles. The summed E-state index contributed by atoms with van der Waals surface area (Å²) in [4.78, 5) is 10.7. The molecule has 0 aromatic heterocycles. The molecule has 0 atom stereocenters. The fraction of sp³-hybridized carbons (Fsp3) is 0.0714. The van der Waals surface area contributed by atoms with Crippen LogP contribution in [0.3, 0.4) is 0 Å². The molecule has 0 amide bonds. The number of carboxylic acid groups (broad SMARTS) is 1. The topological polar surface area (TPSA) is 37.3 Å². The van der Waals surface area contributed by atoms with Gasteiger partial charge in [-0.25, -0.2) is 13.6 Å². The van der Waals surface area contributed by atoms with Crippen LogP contribution in [0.4, 0.5) is 8.78 Å². The first-order valence-electron chi connectivity index (χ1n) is 5.28. The zero-order valence-corrected chi connectivity index (χ0v) is 9.58.